The lowest BCUT2D eigenvalue weighted by atomic mass is 10.1. The van der Waals surface area contributed by atoms with Crippen molar-refractivity contribution in [1.82, 2.24) is 0 Å². The van der Waals surface area contributed by atoms with E-state index >= 15 is 0 Å². The van der Waals surface area contributed by atoms with Crippen LogP contribution in [-0.2, 0) is 25.7 Å². The Hall–Kier alpha value is -0.970. The van der Waals surface area contributed by atoms with E-state index < -0.39 is 5.97 Å². The van der Waals surface area contributed by atoms with Crippen molar-refractivity contribution in [3.05, 3.63) is 32.8 Å². The fraction of sp³-hybridized carbons (Fsp3) is 0.600. The zero-order chi connectivity index (χ0) is 20.1. The Morgan fingerprint density at radius 1 is 0.815 bits per heavy atom. The minimum atomic E-state index is -0.416. The minimum absolute atomic E-state index is 0.0316. The summed E-state index contributed by atoms with van der Waals surface area (Å²) in [4.78, 5) is 23.4. The third kappa shape index (κ3) is 10.8. The van der Waals surface area contributed by atoms with Gasteiger partial charge in [0.1, 0.15) is 6.61 Å². The lowest BCUT2D eigenvalue weighted by Crippen LogP contribution is -2.09. The van der Waals surface area contributed by atoms with Gasteiger partial charge in [-0.1, -0.05) is 73.8 Å². The number of halogens is 3. The largest absolute Gasteiger partial charge is 0.466 e. The summed E-state index contributed by atoms with van der Waals surface area (Å²) < 4.78 is 10.3. The molecule has 0 N–H and O–H groups in total. The topological polar surface area (TPSA) is 52.6 Å². The van der Waals surface area contributed by atoms with E-state index in [0.29, 0.717) is 33.7 Å². The predicted molar refractivity (Wildman–Crippen MR) is 109 cm³/mol. The van der Waals surface area contributed by atoms with Crippen molar-refractivity contribution in [3.8, 4) is 0 Å². The molecule has 0 aliphatic rings. The molecular weight excluding hydrogens is 411 g/mol. The van der Waals surface area contributed by atoms with Gasteiger partial charge in [0.05, 0.1) is 16.7 Å². The molecule has 0 aliphatic heterocycles. The van der Waals surface area contributed by atoms with Gasteiger partial charge in [-0.25, -0.2) is 0 Å². The molecule has 0 unspecified atom stereocenters. The first-order valence-electron chi connectivity index (χ1n) is 9.38. The Morgan fingerprint density at radius 2 is 1.37 bits per heavy atom. The monoisotopic (exact) mass is 436 g/mol. The molecule has 1 rings (SSSR count). The highest BCUT2D eigenvalue weighted by Gasteiger charge is 2.12. The van der Waals surface area contributed by atoms with Gasteiger partial charge >= 0.3 is 11.9 Å². The predicted octanol–water partition coefficient (Wildman–Crippen LogP) is 6.76. The molecule has 0 radical (unpaired) electrons. The number of rotatable bonds is 13. The van der Waals surface area contributed by atoms with Gasteiger partial charge in [0.15, 0.2) is 0 Å². The van der Waals surface area contributed by atoms with E-state index in [0.717, 1.165) is 12.8 Å². The van der Waals surface area contributed by atoms with Gasteiger partial charge in [-0.2, -0.15) is 0 Å². The van der Waals surface area contributed by atoms with Crippen LogP contribution >= 0.6 is 34.8 Å². The number of unbranched alkanes of at least 4 members (excludes halogenated alkanes) is 5. The quantitative estimate of drug-likeness (QED) is 0.252. The number of benzene rings is 1. The van der Waals surface area contributed by atoms with Crippen LogP contribution < -0.4 is 0 Å². The second-order valence-electron chi connectivity index (χ2n) is 6.35. The van der Waals surface area contributed by atoms with Crippen LogP contribution in [0.2, 0.25) is 15.1 Å². The number of hydrogen-bond donors (Lipinski definition) is 0. The molecule has 0 saturated carbocycles. The average Bonchev–Trinajstić information content (AvgIpc) is 2.60. The van der Waals surface area contributed by atoms with Crippen LogP contribution in [0.15, 0.2) is 12.1 Å². The summed E-state index contributed by atoms with van der Waals surface area (Å²) in [6.45, 7) is 2.60. The van der Waals surface area contributed by atoms with Gasteiger partial charge in [-0.3, -0.25) is 9.59 Å². The summed E-state index contributed by atoms with van der Waals surface area (Å²) in [6, 6.07) is 3.08. The van der Waals surface area contributed by atoms with Crippen LogP contribution in [0.1, 0.15) is 70.3 Å². The normalized spacial score (nSPS) is 10.7. The molecule has 0 spiro atoms. The summed E-state index contributed by atoms with van der Waals surface area (Å²) in [5.41, 5.74) is 0.509. The summed E-state index contributed by atoms with van der Waals surface area (Å²) >= 11 is 17.9. The molecule has 4 nitrogen and oxygen atoms in total. The Labute approximate surface area is 176 Å². The number of carbonyl (C=O) groups is 2. The molecule has 0 heterocycles. The standard InChI is InChI=1S/C20H27Cl3O4/c1-2-3-4-5-6-7-11-26-19(24)9-8-10-20(25)27-14-16-17(22)12-15(21)13-18(16)23/h12-13H,2-11,14H2,1H3. The van der Waals surface area contributed by atoms with Crippen LogP contribution in [-0.4, -0.2) is 18.5 Å². The average molecular weight is 438 g/mol. The Morgan fingerprint density at radius 3 is 2.00 bits per heavy atom. The molecule has 1 aromatic rings. The fourth-order valence-electron chi connectivity index (χ4n) is 2.45. The zero-order valence-electron chi connectivity index (χ0n) is 15.7. The van der Waals surface area contributed by atoms with Crippen LogP contribution in [0.25, 0.3) is 0 Å². The Kier molecular flexibility index (Phi) is 12.6. The first kappa shape index (κ1) is 24.1. The highest BCUT2D eigenvalue weighted by atomic mass is 35.5. The number of carbonyl (C=O) groups excluding carboxylic acids is 2. The van der Waals surface area contributed by atoms with Crippen molar-refractivity contribution >= 4 is 46.7 Å². The van der Waals surface area contributed by atoms with Gasteiger partial charge < -0.3 is 9.47 Å². The summed E-state index contributed by atoms with van der Waals surface area (Å²) in [7, 11) is 0. The molecule has 0 bridgehead atoms. The maximum atomic E-state index is 11.8. The molecule has 0 aromatic heterocycles. The number of ether oxygens (including phenoxy) is 2. The lowest BCUT2D eigenvalue weighted by Gasteiger charge is -2.09. The first-order chi connectivity index (χ1) is 12.9. The molecule has 0 amide bonds. The molecule has 0 fully saturated rings. The maximum absolute atomic E-state index is 11.8. The molecule has 7 heteroatoms. The van der Waals surface area contributed by atoms with E-state index in [9.17, 15) is 9.59 Å². The smallest absolute Gasteiger partial charge is 0.306 e. The van der Waals surface area contributed by atoms with Crippen molar-refractivity contribution in [2.24, 2.45) is 0 Å². The highest BCUT2D eigenvalue weighted by Crippen LogP contribution is 2.29. The van der Waals surface area contributed by atoms with Crippen molar-refractivity contribution in [2.75, 3.05) is 6.61 Å². The first-order valence-corrected chi connectivity index (χ1v) is 10.5. The molecule has 1 aromatic carbocycles. The van der Waals surface area contributed by atoms with E-state index in [2.05, 4.69) is 6.92 Å². The summed E-state index contributed by atoms with van der Waals surface area (Å²) in [5, 5.41) is 1.11. The molecule has 152 valence electrons. The molecule has 0 atom stereocenters. The van der Waals surface area contributed by atoms with E-state index in [-0.39, 0.29) is 25.4 Å². The zero-order valence-corrected chi connectivity index (χ0v) is 18.0. The van der Waals surface area contributed by atoms with Crippen molar-refractivity contribution in [2.45, 2.75) is 71.3 Å². The molecular formula is C20H27Cl3O4. The van der Waals surface area contributed by atoms with Gasteiger partial charge in [-0.05, 0) is 25.0 Å². The highest BCUT2D eigenvalue weighted by molar-refractivity contribution is 6.39. The third-order valence-electron chi connectivity index (χ3n) is 4.01. The van der Waals surface area contributed by atoms with Crippen LogP contribution in [0, 0.1) is 0 Å². The van der Waals surface area contributed by atoms with E-state index in [4.69, 9.17) is 44.3 Å². The van der Waals surface area contributed by atoms with Gasteiger partial charge in [0.2, 0.25) is 0 Å². The second kappa shape index (κ2) is 14.1. The third-order valence-corrected chi connectivity index (χ3v) is 4.90. The van der Waals surface area contributed by atoms with Crippen molar-refractivity contribution < 1.29 is 19.1 Å². The lowest BCUT2D eigenvalue weighted by molar-refractivity contribution is -0.146. The molecule has 0 aliphatic carbocycles. The van der Waals surface area contributed by atoms with Crippen LogP contribution in [0.3, 0.4) is 0 Å². The van der Waals surface area contributed by atoms with E-state index in [1.165, 1.54) is 37.8 Å². The van der Waals surface area contributed by atoms with Crippen LogP contribution in [0.5, 0.6) is 0 Å². The van der Waals surface area contributed by atoms with Gasteiger partial charge in [0.25, 0.3) is 0 Å². The minimum Gasteiger partial charge on any atom is -0.466 e. The SMILES string of the molecule is CCCCCCCCOC(=O)CCCC(=O)OCc1c(Cl)cc(Cl)cc1Cl. The van der Waals surface area contributed by atoms with Crippen LogP contribution in [0.4, 0.5) is 0 Å². The van der Waals surface area contributed by atoms with E-state index in [1.54, 1.807) is 0 Å². The summed E-state index contributed by atoms with van der Waals surface area (Å²) in [5.74, 6) is -0.694. The Balaban J connectivity index is 2.12. The van der Waals surface area contributed by atoms with Crippen molar-refractivity contribution in [1.29, 1.82) is 0 Å². The number of hydrogen-bond acceptors (Lipinski definition) is 4. The van der Waals surface area contributed by atoms with Crippen molar-refractivity contribution in [3.63, 3.8) is 0 Å². The van der Waals surface area contributed by atoms with Gasteiger partial charge in [0, 0.05) is 23.4 Å². The second-order valence-corrected chi connectivity index (χ2v) is 7.60. The Bertz CT molecular complexity index is 582. The molecule has 0 saturated heterocycles. The summed E-state index contributed by atoms with van der Waals surface area (Å²) in [6.07, 6.45) is 7.58. The maximum Gasteiger partial charge on any atom is 0.306 e. The molecule has 27 heavy (non-hydrogen) atoms. The number of esters is 2. The van der Waals surface area contributed by atoms with E-state index in [1.807, 2.05) is 0 Å². The fourth-order valence-corrected chi connectivity index (χ4v) is 3.38. The van der Waals surface area contributed by atoms with Gasteiger partial charge in [-0.15, -0.1) is 0 Å².